The fourth-order valence-corrected chi connectivity index (χ4v) is 6.38. The van der Waals surface area contributed by atoms with Gasteiger partial charge in [0.1, 0.15) is 11.5 Å². The Labute approximate surface area is 236 Å². The van der Waals surface area contributed by atoms with Gasteiger partial charge in [-0.15, -0.1) is 0 Å². The van der Waals surface area contributed by atoms with Gasteiger partial charge in [-0.3, -0.25) is 4.40 Å². The first-order valence-electron chi connectivity index (χ1n) is 13.9. The van der Waals surface area contributed by atoms with E-state index in [1.807, 2.05) is 12.1 Å². The minimum absolute atomic E-state index is 0.902. The first-order valence-corrected chi connectivity index (χ1v) is 13.9. The molecule has 0 unspecified atom stereocenters. The standard InChI is InChI=1S/C38H23N3/c1-2-10-29-26(9-1)23-33(31-12-4-3-11-30(29)31)27-19-17-25-22-28(20-18-24(25)21-27)37-39-34-14-6-5-13-32(34)38-40-35-15-7-8-16-36(35)41(37)38/h1-23H. The third-order valence-electron chi connectivity index (χ3n) is 8.32. The number of hydrogen-bond acceptors (Lipinski definition) is 2. The van der Waals surface area contributed by atoms with Crippen molar-refractivity contribution in [2.24, 2.45) is 0 Å². The highest BCUT2D eigenvalue weighted by Crippen LogP contribution is 2.37. The van der Waals surface area contributed by atoms with E-state index >= 15 is 0 Å². The molecule has 0 bridgehead atoms. The van der Waals surface area contributed by atoms with Gasteiger partial charge < -0.3 is 0 Å². The summed E-state index contributed by atoms with van der Waals surface area (Å²) in [4.78, 5) is 10.2. The molecule has 3 heteroatoms. The summed E-state index contributed by atoms with van der Waals surface area (Å²) in [6.07, 6.45) is 0. The normalized spacial score (nSPS) is 11.9. The SMILES string of the molecule is c1ccc2c(c1)cc(-c1ccc3cc(-c4nc5ccccc5c5nc6ccccc6n45)ccc3c1)c1ccccc12. The zero-order chi connectivity index (χ0) is 26.9. The molecule has 0 atom stereocenters. The quantitative estimate of drug-likeness (QED) is 0.212. The number of hydrogen-bond donors (Lipinski definition) is 0. The Morgan fingerprint density at radius 2 is 1.05 bits per heavy atom. The lowest BCUT2D eigenvalue weighted by molar-refractivity contribution is 1.16. The van der Waals surface area contributed by atoms with Crippen molar-refractivity contribution in [2.45, 2.75) is 0 Å². The van der Waals surface area contributed by atoms with Crippen LogP contribution >= 0.6 is 0 Å². The van der Waals surface area contributed by atoms with E-state index in [1.165, 1.54) is 43.4 Å². The first kappa shape index (κ1) is 22.3. The molecular weight excluding hydrogens is 498 g/mol. The predicted molar refractivity (Wildman–Crippen MR) is 171 cm³/mol. The van der Waals surface area contributed by atoms with Crippen LogP contribution in [0.15, 0.2) is 140 Å². The molecule has 0 saturated heterocycles. The minimum atomic E-state index is 0.902. The number of aromatic nitrogens is 3. The van der Waals surface area contributed by atoms with Crippen molar-refractivity contribution in [1.82, 2.24) is 14.4 Å². The van der Waals surface area contributed by atoms with E-state index < -0.39 is 0 Å². The average Bonchev–Trinajstić information content (AvgIpc) is 3.44. The van der Waals surface area contributed by atoms with Crippen LogP contribution in [0.3, 0.4) is 0 Å². The lowest BCUT2D eigenvalue weighted by Gasteiger charge is -2.13. The maximum absolute atomic E-state index is 5.15. The van der Waals surface area contributed by atoms with Crippen LogP contribution in [0.2, 0.25) is 0 Å². The monoisotopic (exact) mass is 521 g/mol. The topological polar surface area (TPSA) is 30.2 Å². The van der Waals surface area contributed by atoms with Crippen molar-refractivity contribution in [1.29, 1.82) is 0 Å². The Morgan fingerprint density at radius 1 is 0.415 bits per heavy atom. The van der Waals surface area contributed by atoms with E-state index in [-0.39, 0.29) is 0 Å². The molecule has 2 aromatic heterocycles. The lowest BCUT2D eigenvalue weighted by Crippen LogP contribution is -1.98. The van der Waals surface area contributed by atoms with Gasteiger partial charge in [-0.05, 0) is 85.9 Å². The van der Waals surface area contributed by atoms with Gasteiger partial charge in [-0.25, -0.2) is 9.97 Å². The van der Waals surface area contributed by atoms with E-state index in [0.717, 1.165) is 39.0 Å². The summed E-state index contributed by atoms with van der Waals surface area (Å²) >= 11 is 0. The first-order chi connectivity index (χ1) is 20.3. The molecular formula is C38H23N3. The lowest BCUT2D eigenvalue weighted by atomic mass is 9.92. The van der Waals surface area contributed by atoms with Crippen LogP contribution in [-0.2, 0) is 0 Å². The van der Waals surface area contributed by atoms with Gasteiger partial charge in [0.25, 0.3) is 0 Å². The van der Waals surface area contributed by atoms with Gasteiger partial charge in [0.05, 0.1) is 16.6 Å². The third-order valence-corrected chi connectivity index (χ3v) is 8.32. The molecule has 3 nitrogen and oxygen atoms in total. The molecule has 7 aromatic carbocycles. The highest BCUT2D eigenvalue weighted by Gasteiger charge is 2.16. The van der Waals surface area contributed by atoms with Crippen LogP contribution in [0.4, 0.5) is 0 Å². The van der Waals surface area contributed by atoms with E-state index in [2.05, 4.69) is 132 Å². The second-order valence-corrected chi connectivity index (χ2v) is 10.7. The van der Waals surface area contributed by atoms with E-state index in [1.54, 1.807) is 0 Å². The zero-order valence-electron chi connectivity index (χ0n) is 22.1. The molecule has 0 spiro atoms. The van der Waals surface area contributed by atoms with E-state index in [0.29, 0.717) is 0 Å². The Hall–Kier alpha value is -5.54. The molecule has 0 fully saturated rings. The zero-order valence-corrected chi connectivity index (χ0v) is 22.1. The van der Waals surface area contributed by atoms with Gasteiger partial charge in [0.15, 0.2) is 0 Å². The molecule has 9 rings (SSSR count). The molecule has 9 aromatic rings. The Morgan fingerprint density at radius 3 is 1.90 bits per heavy atom. The number of para-hydroxylation sites is 3. The van der Waals surface area contributed by atoms with E-state index in [9.17, 15) is 0 Å². The van der Waals surface area contributed by atoms with Crippen molar-refractivity contribution in [3.8, 4) is 22.5 Å². The van der Waals surface area contributed by atoms with Crippen molar-refractivity contribution < 1.29 is 0 Å². The summed E-state index contributed by atoms with van der Waals surface area (Å²) in [5, 5.41) is 8.56. The number of nitrogens with zero attached hydrogens (tertiary/aromatic N) is 3. The van der Waals surface area contributed by atoms with Gasteiger partial charge in [-0.1, -0.05) is 97.1 Å². The van der Waals surface area contributed by atoms with Crippen LogP contribution in [-0.4, -0.2) is 14.4 Å². The van der Waals surface area contributed by atoms with Crippen LogP contribution in [0, 0.1) is 0 Å². The molecule has 41 heavy (non-hydrogen) atoms. The Bertz CT molecular complexity index is 2490. The molecule has 0 aliphatic heterocycles. The number of fused-ring (bicyclic) bond motifs is 9. The molecule has 0 aliphatic rings. The molecule has 0 radical (unpaired) electrons. The Balaban J connectivity index is 1.25. The summed E-state index contributed by atoms with van der Waals surface area (Å²) < 4.78 is 2.20. The smallest absolute Gasteiger partial charge is 0.149 e. The van der Waals surface area contributed by atoms with Crippen molar-refractivity contribution in [3.63, 3.8) is 0 Å². The maximum atomic E-state index is 5.15. The van der Waals surface area contributed by atoms with Crippen LogP contribution in [0.25, 0.3) is 82.4 Å². The highest BCUT2D eigenvalue weighted by atomic mass is 15.1. The fraction of sp³-hybridized carbons (Fsp3) is 0. The van der Waals surface area contributed by atoms with E-state index in [4.69, 9.17) is 9.97 Å². The third kappa shape index (κ3) is 3.33. The second kappa shape index (κ2) is 8.48. The molecule has 0 amide bonds. The second-order valence-electron chi connectivity index (χ2n) is 10.7. The van der Waals surface area contributed by atoms with Gasteiger partial charge >= 0.3 is 0 Å². The maximum Gasteiger partial charge on any atom is 0.149 e. The summed E-state index contributed by atoms with van der Waals surface area (Å²) in [6, 6.07) is 49.7. The van der Waals surface area contributed by atoms with Gasteiger partial charge in [0.2, 0.25) is 0 Å². The summed E-state index contributed by atoms with van der Waals surface area (Å²) in [5.41, 5.74) is 7.47. The van der Waals surface area contributed by atoms with Crippen molar-refractivity contribution in [3.05, 3.63) is 140 Å². The largest absolute Gasteiger partial charge is 0.276 e. The average molecular weight is 522 g/mol. The molecule has 2 heterocycles. The van der Waals surface area contributed by atoms with Gasteiger partial charge in [0, 0.05) is 10.9 Å². The predicted octanol–water partition coefficient (Wildman–Crippen LogP) is 9.83. The minimum Gasteiger partial charge on any atom is -0.276 e. The van der Waals surface area contributed by atoms with Crippen LogP contribution < -0.4 is 0 Å². The van der Waals surface area contributed by atoms with Crippen LogP contribution in [0.5, 0.6) is 0 Å². The van der Waals surface area contributed by atoms with Crippen molar-refractivity contribution in [2.75, 3.05) is 0 Å². The number of benzene rings is 7. The summed E-state index contributed by atoms with van der Waals surface area (Å²) in [7, 11) is 0. The summed E-state index contributed by atoms with van der Waals surface area (Å²) in [5.74, 6) is 0.902. The molecule has 0 N–H and O–H groups in total. The number of rotatable bonds is 2. The van der Waals surface area contributed by atoms with Crippen molar-refractivity contribution >= 4 is 59.9 Å². The molecule has 0 aliphatic carbocycles. The molecule has 190 valence electrons. The number of imidazole rings is 1. The Kier molecular flexibility index (Phi) is 4.61. The fourth-order valence-electron chi connectivity index (χ4n) is 6.38. The van der Waals surface area contributed by atoms with Crippen LogP contribution in [0.1, 0.15) is 0 Å². The van der Waals surface area contributed by atoms with Gasteiger partial charge in [-0.2, -0.15) is 0 Å². The highest BCUT2D eigenvalue weighted by molar-refractivity contribution is 6.14. The summed E-state index contributed by atoms with van der Waals surface area (Å²) in [6.45, 7) is 0. The molecule has 0 saturated carbocycles.